The van der Waals surface area contributed by atoms with Crippen LogP contribution < -0.4 is 10.1 Å². The van der Waals surface area contributed by atoms with E-state index in [1.54, 1.807) is 12.1 Å². The van der Waals surface area contributed by atoms with E-state index < -0.39 is 6.36 Å². The number of hydrogen-bond donors (Lipinski definition) is 1. The number of rotatable bonds is 3. The summed E-state index contributed by atoms with van der Waals surface area (Å²) in [6.07, 6.45) is 0.766. The number of nitrogens with zero attached hydrogens (tertiary/aromatic N) is 3. The van der Waals surface area contributed by atoms with E-state index in [2.05, 4.69) is 22.0 Å². The third-order valence-electron chi connectivity index (χ3n) is 5.49. The number of fused-ring (bicyclic) bond motifs is 1. The van der Waals surface area contributed by atoms with Crippen molar-refractivity contribution in [2.45, 2.75) is 44.4 Å². The van der Waals surface area contributed by atoms with Gasteiger partial charge in [0.1, 0.15) is 11.6 Å². The van der Waals surface area contributed by atoms with Crippen LogP contribution in [0.2, 0.25) is 0 Å². The van der Waals surface area contributed by atoms with Gasteiger partial charge in [-0.3, -0.25) is 0 Å². The summed E-state index contributed by atoms with van der Waals surface area (Å²) in [6, 6.07) is 5.92. The first kappa shape index (κ1) is 19.1. The van der Waals surface area contributed by atoms with Crippen molar-refractivity contribution < 1.29 is 17.9 Å². The minimum absolute atomic E-state index is 0.225. The Kier molecular flexibility index (Phi) is 5.23. The van der Waals surface area contributed by atoms with Crippen molar-refractivity contribution >= 4 is 5.82 Å². The molecule has 0 radical (unpaired) electrons. The van der Waals surface area contributed by atoms with E-state index in [1.807, 2.05) is 4.68 Å². The average molecular weight is 394 g/mol. The van der Waals surface area contributed by atoms with Gasteiger partial charge in [-0.1, -0.05) is 0 Å². The molecule has 2 aliphatic rings. The minimum Gasteiger partial charge on any atom is -0.406 e. The number of ether oxygens (including phenoxy) is 1. The number of aromatic nitrogens is 2. The fourth-order valence-corrected chi connectivity index (χ4v) is 4.22. The second-order valence-corrected chi connectivity index (χ2v) is 7.65. The van der Waals surface area contributed by atoms with Crippen molar-refractivity contribution in [3.05, 3.63) is 35.5 Å². The molecule has 2 aromatic rings. The Hall–Kier alpha value is -2.22. The Morgan fingerprint density at radius 1 is 1.14 bits per heavy atom. The summed E-state index contributed by atoms with van der Waals surface area (Å²) >= 11 is 0. The molecule has 152 valence electrons. The van der Waals surface area contributed by atoms with E-state index in [9.17, 15) is 13.2 Å². The highest BCUT2D eigenvalue weighted by atomic mass is 19.4. The van der Waals surface area contributed by atoms with Crippen LogP contribution in [0.25, 0.3) is 5.69 Å². The quantitative estimate of drug-likeness (QED) is 0.842. The topological polar surface area (TPSA) is 42.3 Å². The molecule has 2 aliphatic heterocycles. The molecule has 4 rings (SSSR count). The van der Waals surface area contributed by atoms with Crippen LogP contribution in [-0.4, -0.2) is 47.7 Å². The normalized spacial score (nSPS) is 20.9. The molecule has 8 heteroatoms. The van der Waals surface area contributed by atoms with Gasteiger partial charge in [-0.2, -0.15) is 5.10 Å². The summed E-state index contributed by atoms with van der Waals surface area (Å²) in [5, 5.41) is 8.42. The summed E-state index contributed by atoms with van der Waals surface area (Å²) < 4.78 is 43.1. The molecular weight excluding hydrogens is 369 g/mol. The Labute approximate surface area is 162 Å². The maximum Gasteiger partial charge on any atom is 0.573 e. The van der Waals surface area contributed by atoms with Gasteiger partial charge in [0.05, 0.1) is 11.4 Å². The molecule has 1 saturated heterocycles. The number of hydrogen-bond acceptors (Lipinski definition) is 4. The largest absolute Gasteiger partial charge is 0.573 e. The average Bonchev–Trinajstić information content (AvgIpc) is 2.82. The summed E-state index contributed by atoms with van der Waals surface area (Å²) in [4.78, 5) is 2.34. The van der Waals surface area contributed by atoms with Gasteiger partial charge in [0.25, 0.3) is 0 Å². The van der Waals surface area contributed by atoms with Crippen LogP contribution in [0.1, 0.15) is 42.9 Å². The van der Waals surface area contributed by atoms with Crippen LogP contribution >= 0.6 is 0 Å². The molecule has 0 saturated carbocycles. The lowest BCUT2D eigenvalue weighted by molar-refractivity contribution is -0.274. The summed E-state index contributed by atoms with van der Waals surface area (Å²) in [5.41, 5.74) is 3.12. The molecule has 0 amide bonds. The van der Waals surface area contributed by atoms with Crippen LogP contribution in [0.4, 0.5) is 19.0 Å². The second kappa shape index (κ2) is 7.66. The molecule has 1 N–H and O–H groups in total. The van der Waals surface area contributed by atoms with Crippen molar-refractivity contribution in [1.82, 2.24) is 14.7 Å². The molecule has 1 aromatic heterocycles. The van der Waals surface area contributed by atoms with Crippen molar-refractivity contribution in [3.63, 3.8) is 0 Å². The molecule has 28 heavy (non-hydrogen) atoms. The first-order valence-electron chi connectivity index (χ1n) is 9.81. The van der Waals surface area contributed by atoms with Gasteiger partial charge in [-0.05, 0) is 70.0 Å². The van der Waals surface area contributed by atoms with Crippen molar-refractivity contribution in [1.29, 1.82) is 0 Å². The van der Waals surface area contributed by atoms with Gasteiger partial charge in [-0.25, -0.2) is 4.68 Å². The Morgan fingerprint density at radius 2 is 1.93 bits per heavy atom. The Balaban J connectivity index is 1.68. The van der Waals surface area contributed by atoms with E-state index in [4.69, 9.17) is 5.10 Å². The molecule has 1 unspecified atom stereocenters. The summed E-state index contributed by atoms with van der Waals surface area (Å²) in [5.74, 6) is 1.14. The first-order valence-corrected chi connectivity index (χ1v) is 9.81. The summed E-state index contributed by atoms with van der Waals surface area (Å²) in [6.45, 7) is 2.97. The highest BCUT2D eigenvalue weighted by molar-refractivity contribution is 5.55. The zero-order valence-corrected chi connectivity index (χ0v) is 15.9. The Bertz CT molecular complexity index is 816. The Morgan fingerprint density at radius 3 is 2.64 bits per heavy atom. The number of alkyl halides is 3. The lowest BCUT2D eigenvalue weighted by atomic mass is 9.91. The number of benzene rings is 1. The van der Waals surface area contributed by atoms with Gasteiger partial charge in [-0.15, -0.1) is 13.2 Å². The van der Waals surface area contributed by atoms with Crippen LogP contribution in [0, 0.1) is 0 Å². The molecular formula is C20H25F3N4O. The molecule has 1 aromatic carbocycles. The standard InChI is InChI=1S/C20H25F3N4O/c1-26-12-4-5-14(13-26)18-17-6-2-3-11-24-19(17)27(25-18)15-7-9-16(10-8-15)28-20(21,22)23/h7-10,14,24H,2-6,11-13H2,1H3. The predicted molar refractivity (Wildman–Crippen MR) is 101 cm³/mol. The fraction of sp³-hybridized carbons (Fsp3) is 0.550. The fourth-order valence-electron chi connectivity index (χ4n) is 4.22. The second-order valence-electron chi connectivity index (χ2n) is 7.65. The van der Waals surface area contributed by atoms with Gasteiger partial charge >= 0.3 is 6.36 Å². The van der Waals surface area contributed by atoms with E-state index in [0.717, 1.165) is 68.9 Å². The van der Waals surface area contributed by atoms with Crippen molar-refractivity contribution in [3.8, 4) is 11.4 Å². The third kappa shape index (κ3) is 4.11. The highest BCUT2D eigenvalue weighted by Crippen LogP contribution is 2.36. The smallest absolute Gasteiger partial charge is 0.406 e. The number of likely N-dealkylation sites (tertiary alicyclic amines) is 1. The minimum atomic E-state index is -4.69. The van der Waals surface area contributed by atoms with Gasteiger partial charge in [0, 0.05) is 24.6 Å². The number of halogens is 3. The maximum atomic E-state index is 12.4. The monoisotopic (exact) mass is 394 g/mol. The molecule has 0 bridgehead atoms. The van der Waals surface area contributed by atoms with Gasteiger partial charge in [0.15, 0.2) is 0 Å². The van der Waals surface area contributed by atoms with Crippen LogP contribution in [-0.2, 0) is 6.42 Å². The van der Waals surface area contributed by atoms with Gasteiger partial charge < -0.3 is 15.0 Å². The van der Waals surface area contributed by atoms with Crippen molar-refractivity contribution in [2.75, 3.05) is 32.0 Å². The first-order chi connectivity index (χ1) is 13.4. The molecule has 0 spiro atoms. The number of piperidine rings is 1. The number of nitrogens with one attached hydrogen (secondary N) is 1. The third-order valence-corrected chi connectivity index (χ3v) is 5.49. The van der Waals surface area contributed by atoms with E-state index in [0.29, 0.717) is 5.92 Å². The van der Waals surface area contributed by atoms with Crippen LogP contribution in [0.15, 0.2) is 24.3 Å². The van der Waals surface area contributed by atoms with Crippen LogP contribution in [0.5, 0.6) is 5.75 Å². The van der Waals surface area contributed by atoms with Crippen molar-refractivity contribution in [2.24, 2.45) is 0 Å². The SMILES string of the molecule is CN1CCCC(c2nn(-c3ccc(OC(F)(F)F)cc3)c3c2CCCCN3)C1. The van der Waals surface area contributed by atoms with E-state index in [-0.39, 0.29) is 5.75 Å². The number of anilines is 1. The molecule has 3 heterocycles. The lowest BCUT2D eigenvalue weighted by Gasteiger charge is -2.29. The molecule has 0 aliphatic carbocycles. The molecule has 1 atom stereocenters. The lowest BCUT2D eigenvalue weighted by Crippen LogP contribution is -2.31. The van der Waals surface area contributed by atoms with E-state index in [1.165, 1.54) is 17.7 Å². The van der Waals surface area contributed by atoms with Crippen LogP contribution in [0.3, 0.4) is 0 Å². The highest BCUT2D eigenvalue weighted by Gasteiger charge is 2.31. The summed E-state index contributed by atoms with van der Waals surface area (Å²) in [7, 11) is 2.14. The zero-order chi connectivity index (χ0) is 19.7. The van der Waals surface area contributed by atoms with Gasteiger partial charge in [0.2, 0.25) is 0 Å². The molecule has 5 nitrogen and oxygen atoms in total. The zero-order valence-electron chi connectivity index (χ0n) is 15.9. The maximum absolute atomic E-state index is 12.4. The number of likely N-dealkylation sites (N-methyl/N-ethyl adjacent to an activating group) is 1. The predicted octanol–water partition coefficient (Wildman–Crippen LogP) is 4.33. The van der Waals surface area contributed by atoms with E-state index >= 15 is 0 Å². The molecule has 1 fully saturated rings.